The van der Waals surface area contributed by atoms with Gasteiger partial charge in [0.15, 0.2) is 0 Å². The van der Waals surface area contributed by atoms with Crippen LogP contribution in [-0.2, 0) is 64.5 Å². The number of likely N-dealkylation sites (N-methyl/N-ethyl adjacent to an activating group) is 2. The second-order valence-corrected chi connectivity index (χ2v) is 26.0. The monoisotopic (exact) mass is 1130 g/mol. The fourth-order valence-corrected chi connectivity index (χ4v) is 12.1. The van der Waals surface area contributed by atoms with E-state index < -0.39 is 29.6 Å². The Labute approximate surface area is 494 Å². The van der Waals surface area contributed by atoms with Crippen LogP contribution in [0.4, 0.5) is 0 Å². The second-order valence-electron chi connectivity index (χ2n) is 26.0. The molecule has 1 unspecified atom stereocenters. The van der Waals surface area contributed by atoms with Crippen molar-refractivity contribution in [3.63, 3.8) is 0 Å². The molecule has 3 aliphatic rings. The Morgan fingerprint density at radius 3 is 2.04 bits per heavy atom. The lowest BCUT2D eigenvalue weighted by Gasteiger charge is -2.43. The van der Waals surface area contributed by atoms with Crippen LogP contribution in [0.1, 0.15) is 158 Å². The van der Waals surface area contributed by atoms with Crippen molar-refractivity contribution in [1.29, 1.82) is 0 Å². The molecule has 8 rings (SSSR count). The molecule has 5 amide bonds. The molecule has 2 heterocycles. The highest BCUT2D eigenvalue weighted by atomic mass is 16.3. The number of hydrogen-bond acceptors (Lipinski definition) is 9. The van der Waals surface area contributed by atoms with Gasteiger partial charge in [0.25, 0.3) is 5.91 Å². The molecule has 14 nitrogen and oxygen atoms in total. The molecule has 444 valence electrons. The summed E-state index contributed by atoms with van der Waals surface area (Å²) in [6.45, 7) is 22.6. The topological polar surface area (TPSA) is 175 Å². The van der Waals surface area contributed by atoms with Crippen LogP contribution in [0.5, 0.6) is 0 Å². The van der Waals surface area contributed by atoms with Gasteiger partial charge in [0, 0.05) is 63.2 Å². The van der Waals surface area contributed by atoms with Gasteiger partial charge in [0.2, 0.25) is 23.6 Å². The minimum absolute atomic E-state index is 0.0296. The summed E-state index contributed by atoms with van der Waals surface area (Å²) in [5.74, 6) is -0.985. The molecule has 14 heteroatoms. The maximum atomic E-state index is 15.0. The highest BCUT2D eigenvalue weighted by molar-refractivity contribution is 5.95. The van der Waals surface area contributed by atoms with E-state index in [4.69, 9.17) is 0 Å². The number of fused-ring (bicyclic) bond motifs is 3. The fourth-order valence-electron chi connectivity index (χ4n) is 12.1. The molecule has 0 saturated heterocycles. The van der Waals surface area contributed by atoms with Crippen LogP contribution in [-0.4, -0.2) is 113 Å². The normalized spacial score (nSPS) is 19.0. The zero-order valence-corrected chi connectivity index (χ0v) is 51.3. The Morgan fingerprint density at radius 2 is 1.36 bits per heavy atom. The predicted octanol–water partition coefficient (Wildman–Crippen LogP) is 8.76. The van der Waals surface area contributed by atoms with E-state index in [9.17, 15) is 24.3 Å². The third-order valence-corrected chi connectivity index (χ3v) is 18.0. The van der Waals surface area contributed by atoms with Gasteiger partial charge in [-0.15, -0.1) is 0 Å². The van der Waals surface area contributed by atoms with E-state index in [0.717, 1.165) is 72.0 Å². The molecular formula is C69H92N8O6. The molecule has 6 N–H and O–H groups in total. The van der Waals surface area contributed by atoms with Crippen LogP contribution in [0.2, 0.25) is 0 Å². The smallest absolute Gasteiger partial charge is 0.254 e. The van der Waals surface area contributed by atoms with Gasteiger partial charge < -0.3 is 41.5 Å². The summed E-state index contributed by atoms with van der Waals surface area (Å²) in [5.41, 5.74) is 11.3. The third kappa shape index (κ3) is 15.2. The highest BCUT2D eigenvalue weighted by Crippen LogP contribution is 2.35. The van der Waals surface area contributed by atoms with Crippen LogP contribution in [0, 0.1) is 24.7 Å². The first kappa shape index (κ1) is 62.3. The van der Waals surface area contributed by atoms with Crippen molar-refractivity contribution in [2.45, 2.75) is 182 Å². The third-order valence-electron chi connectivity index (χ3n) is 18.0. The molecule has 0 bridgehead atoms. The van der Waals surface area contributed by atoms with Crippen molar-refractivity contribution in [1.82, 2.24) is 41.3 Å². The number of nitrogens with one attached hydrogen (secondary N) is 5. The van der Waals surface area contributed by atoms with E-state index >= 15 is 4.79 Å². The lowest BCUT2D eigenvalue weighted by atomic mass is 9.83. The summed E-state index contributed by atoms with van der Waals surface area (Å²) < 4.78 is 0. The maximum absolute atomic E-state index is 15.0. The quantitative estimate of drug-likeness (QED) is 0.0445. The SMILES string of the molecule is CN[C@@H](C)C(=O)N[C@H](C(=O)N1Cc2cc(CC(O)c3ccc(C(=O)N(CC[C@@H]4Cc5ccccc5CN4C[C@@H](NC(=O)[C@H](C)NC)C(C)(C)C)Cc4cccc(C)c4C)cc3)ccc2C[C@H]1C(=O)N[C@@H]1CCCc2ccccc21)C(C)(C)C. The van der Waals surface area contributed by atoms with Crippen LogP contribution < -0.4 is 26.6 Å². The molecule has 5 aromatic carbocycles. The first-order valence-corrected chi connectivity index (χ1v) is 30.1. The number of benzene rings is 5. The van der Waals surface area contributed by atoms with Crippen LogP contribution in [0.3, 0.4) is 0 Å². The van der Waals surface area contributed by atoms with Crippen LogP contribution >= 0.6 is 0 Å². The Balaban J connectivity index is 1.01. The molecule has 0 saturated carbocycles. The molecule has 0 aromatic heterocycles. The van der Waals surface area contributed by atoms with Crippen LogP contribution in [0.25, 0.3) is 0 Å². The molecule has 2 aliphatic heterocycles. The first-order valence-electron chi connectivity index (χ1n) is 30.1. The van der Waals surface area contributed by atoms with E-state index in [2.05, 4.69) is 121 Å². The molecular weight excluding hydrogens is 1040 g/mol. The number of carbonyl (C=O) groups is 5. The van der Waals surface area contributed by atoms with E-state index in [1.54, 1.807) is 25.9 Å². The van der Waals surface area contributed by atoms with Crippen LogP contribution in [0.15, 0.2) is 109 Å². The second kappa shape index (κ2) is 26.9. The van der Waals surface area contributed by atoms with Crippen molar-refractivity contribution in [3.05, 3.63) is 176 Å². The van der Waals surface area contributed by atoms with E-state index in [0.29, 0.717) is 37.2 Å². The number of aliphatic hydroxyl groups excluding tert-OH is 1. The Bertz CT molecular complexity index is 3110. The molecule has 1 aliphatic carbocycles. The van der Waals surface area contributed by atoms with Gasteiger partial charge in [-0.3, -0.25) is 28.9 Å². The lowest BCUT2D eigenvalue weighted by molar-refractivity contribution is -0.147. The zero-order valence-electron chi connectivity index (χ0n) is 51.3. The molecule has 83 heavy (non-hydrogen) atoms. The number of hydrogen-bond donors (Lipinski definition) is 6. The average Bonchev–Trinajstić information content (AvgIpc) is 3.52. The predicted molar refractivity (Wildman–Crippen MR) is 329 cm³/mol. The summed E-state index contributed by atoms with van der Waals surface area (Å²) in [5, 5.41) is 27.7. The molecule has 0 fully saturated rings. The summed E-state index contributed by atoms with van der Waals surface area (Å²) in [6, 6.07) is 33.6. The van der Waals surface area contributed by atoms with Crippen molar-refractivity contribution >= 4 is 29.5 Å². The molecule has 5 aromatic rings. The summed E-state index contributed by atoms with van der Waals surface area (Å²) in [4.78, 5) is 77.4. The summed E-state index contributed by atoms with van der Waals surface area (Å²) >= 11 is 0. The van der Waals surface area contributed by atoms with E-state index in [-0.39, 0.29) is 72.1 Å². The number of carbonyl (C=O) groups excluding carboxylic acids is 5. The first-order chi connectivity index (χ1) is 39.4. The van der Waals surface area contributed by atoms with Gasteiger partial charge in [0.1, 0.15) is 12.1 Å². The average molecular weight is 1130 g/mol. The standard InChI is InChI=1S/C69H92N8O6/c1-43-19-17-24-53(44(43)2)39-75(34-33-56-37-51-21-13-14-22-54(51)40-76(56)42-61(68(5,6)7)73-63(79)45(3)70-11)66(82)50-31-29-49(30-32-50)60(78)36-47-27-28-52-38-59(65(81)72-58-26-18-23-48-20-15-16-25-57(48)58)77(41-55(52)35-47)67(83)62(69(8,9)10)74-64(80)46(4)71-12/h13-17,19-22,24-25,27-32,35,45-46,56,58-62,70-71,78H,18,23,26,33-34,36-42H2,1-12H3,(H,72,81)(H,73,79)(H,74,80)/t45-,46-,56+,58+,59-,60?,61+,62+/m0/s1. The highest BCUT2D eigenvalue weighted by Gasteiger charge is 2.43. The van der Waals surface area contributed by atoms with Crippen molar-refractivity contribution in [2.75, 3.05) is 27.2 Å². The Kier molecular flexibility index (Phi) is 20.2. The maximum Gasteiger partial charge on any atom is 0.254 e. The minimum atomic E-state index is -0.914. The van der Waals surface area contributed by atoms with Gasteiger partial charge in [-0.2, -0.15) is 0 Å². The number of aliphatic hydroxyl groups is 1. The summed E-state index contributed by atoms with van der Waals surface area (Å²) in [6.07, 6.45) is 3.91. The fraction of sp³-hybridized carbons (Fsp3) is 0.493. The summed E-state index contributed by atoms with van der Waals surface area (Å²) in [7, 11) is 3.50. The Morgan fingerprint density at radius 1 is 0.711 bits per heavy atom. The molecule has 0 radical (unpaired) electrons. The van der Waals surface area contributed by atoms with Gasteiger partial charge in [0.05, 0.1) is 24.2 Å². The van der Waals surface area contributed by atoms with Gasteiger partial charge in [-0.1, -0.05) is 139 Å². The van der Waals surface area contributed by atoms with Gasteiger partial charge >= 0.3 is 0 Å². The zero-order chi connectivity index (χ0) is 59.9. The largest absolute Gasteiger partial charge is 0.388 e. The number of nitrogens with zero attached hydrogens (tertiary/aromatic N) is 3. The minimum Gasteiger partial charge on any atom is -0.388 e. The number of aryl methyl sites for hydroxylation is 2. The number of rotatable bonds is 20. The van der Waals surface area contributed by atoms with E-state index in [1.807, 2.05) is 87.2 Å². The Hall–Kier alpha value is -6.71. The van der Waals surface area contributed by atoms with Crippen molar-refractivity contribution in [3.8, 4) is 0 Å². The lowest BCUT2D eigenvalue weighted by Crippen LogP contribution is -2.62. The van der Waals surface area contributed by atoms with Gasteiger partial charge in [-0.25, -0.2) is 0 Å². The number of amides is 5. The van der Waals surface area contributed by atoms with Crippen molar-refractivity contribution in [2.24, 2.45) is 10.8 Å². The van der Waals surface area contributed by atoms with E-state index in [1.165, 1.54) is 22.3 Å². The van der Waals surface area contributed by atoms with Crippen molar-refractivity contribution < 1.29 is 29.1 Å². The molecule has 0 spiro atoms. The molecule has 8 atom stereocenters. The van der Waals surface area contributed by atoms with Gasteiger partial charge in [-0.05, 0) is 158 Å².